The average molecular weight is 247 g/mol. The van der Waals surface area contributed by atoms with Gasteiger partial charge in [0.15, 0.2) is 0 Å². The maximum Gasteiger partial charge on any atom is 0.311 e. The van der Waals surface area contributed by atoms with Gasteiger partial charge in [-0.15, -0.1) is 0 Å². The van der Waals surface area contributed by atoms with Gasteiger partial charge in [0.05, 0.1) is 4.92 Å². The van der Waals surface area contributed by atoms with Gasteiger partial charge in [0, 0.05) is 6.07 Å². The van der Waals surface area contributed by atoms with E-state index >= 15 is 0 Å². The standard InChI is InChI=1S/C13H10FNO3/c1-9-2-7-13(12(8-9)15(16)17)18-11-5-3-10(14)4-6-11/h2-8H,1H3. The summed E-state index contributed by atoms with van der Waals surface area (Å²) in [7, 11) is 0. The molecule has 0 amide bonds. The Morgan fingerprint density at radius 1 is 1.17 bits per heavy atom. The molecule has 4 nitrogen and oxygen atoms in total. The van der Waals surface area contributed by atoms with Crippen molar-refractivity contribution in [2.45, 2.75) is 6.92 Å². The van der Waals surface area contributed by atoms with Crippen LogP contribution in [0.1, 0.15) is 5.56 Å². The molecule has 18 heavy (non-hydrogen) atoms. The Kier molecular flexibility index (Phi) is 3.23. The second kappa shape index (κ2) is 4.83. The molecule has 0 saturated heterocycles. The lowest BCUT2D eigenvalue weighted by atomic mass is 10.2. The Bertz CT molecular complexity index is 581. The van der Waals surface area contributed by atoms with E-state index < -0.39 is 4.92 Å². The van der Waals surface area contributed by atoms with E-state index in [0.29, 0.717) is 5.75 Å². The summed E-state index contributed by atoms with van der Waals surface area (Å²) in [6.07, 6.45) is 0. The summed E-state index contributed by atoms with van der Waals surface area (Å²) >= 11 is 0. The van der Waals surface area contributed by atoms with Crippen molar-refractivity contribution in [1.29, 1.82) is 0 Å². The van der Waals surface area contributed by atoms with Crippen LogP contribution in [0.4, 0.5) is 10.1 Å². The number of hydrogen-bond donors (Lipinski definition) is 0. The third-order valence-corrected chi connectivity index (χ3v) is 2.35. The van der Waals surface area contributed by atoms with E-state index in [1.54, 1.807) is 13.0 Å². The Hall–Kier alpha value is -2.43. The SMILES string of the molecule is Cc1ccc(Oc2ccc(F)cc2)c([N+](=O)[O-])c1. The first-order chi connectivity index (χ1) is 8.56. The molecule has 0 aromatic heterocycles. The van der Waals surface area contributed by atoms with Gasteiger partial charge in [0.25, 0.3) is 0 Å². The molecule has 0 atom stereocenters. The Balaban J connectivity index is 2.34. The maximum atomic E-state index is 12.7. The highest BCUT2D eigenvalue weighted by Gasteiger charge is 2.15. The summed E-state index contributed by atoms with van der Waals surface area (Å²) in [6.45, 7) is 1.76. The molecule has 0 N–H and O–H groups in total. The van der Waals surface area contributed by atoms with Crippen LogP contribution in [-0.4, -0.2) is 4.92 Å². The van der Waals surface area contributed by atoms with Crippen LogP contribution in [0.2, 0.25) is 0 Å². The van der Waals surface area contributed by atoms with Crippen molar-refractivity contribution >= 4 is 5.69 Å². The highest BCUT2D eigenvalue weighted by molar-refractivity contribution is 5.50. The molecule has 92 valence electrons. The predicted octanol–water partition coefficient (Wildman–Crippen LogP) is 3.83. The average Bonchev–Trinajstić information content (AvgIpc) is 2.34. The van der Waals surface area contributed by atoms with Gasteiger partial charge in [-0.2, -0.15) is 0 Å². The third kappa shape index (κ3) is 2.63. The molecule has 0 unspecified atom stereocenters. The molecule has 5 heteroatoms. The van der Waals surface area contributed by atoms with Crippen LogP contribution in [0.15, 0.2) is 42.5 Å². The highest BCUT2D eigenvalue weighted by Crippen LogP contribution is 2.31. The van der Waals surface area contributed by atoms with Gasteiger partial charge in [-0.05, 0) is 42.8 Å². The molecule has 0 aliphatic heterocycles. The van der Waals surface area contributed by atoms with Crippen molar-refractivity contribution in [3.63, 3.8) is 0 Å². The molecule has 0 bridgehead atoms. The van der Waals surface area contributed by atoms with Gasteiger partial charge in [-0.1, -0.05) is 6.07 Å². The van der Waals surface area contributed by atoms with Gasteiger partial charge in [-0.3, -0.25) is 10.1 Å². The number of ether oxygens (including phenoxy) is 1. The molecule has 0 fully saturated rings. The smallest absolute Gasteiger partial charge is 0.311 e. The zero-order chi connectivity index (χ0) is 13.1. The fourth-order valence-electron chi connectivity index (χ4n) is 1.49. The fourth-order valence-corrected chi connectivity index (χ4v) is 1.49. The first-order valence-electron chi connectivity index (χ1n) is 5.25. The number of hydrogen-bond acceptors (Lipinski definition) is 3. The zero-order valence-corrected chi connectivity index (χ0v) is 9.59. The molecule has 2 rings (SSSR count). The lowest BCUT2D eigenvalue weighted by Crippen LogP contribution is -1.94. The predicted molar refractivity (Wildman–Crippen MR) is 64.3 cm³/mol. The van der Waals surface area contributed by atoms with E-state index in [9.17, 15) is 14.5 Å². The topological polar surface area (TPSA) is 52.4 Å². The highest BCUT2D eigenvalue weighted by atomic mass is 19.1. The van der Waals surface area contributed by atoms with E-state index in [4.69, 9.17) is 4.74 Å². The number of nitro groups is 1. The molecule has 2 aromatic carbocycles. The normalized spacial score (nSPS) is 10.1. The third-order valence-electron chi connectivity index (χ3n) is 2.35. The molecule has 2 aromatic rings. The Morgan fingerprint density at radius 2 is 1.83 bits per heavy atom. The van der Waals surface area contributed by atoms with Gasteiger partial charge >= 0.3 is 5.69 Å². The summed E-state index contributed by atoms with van der Waals surface area (Å²) in [4.78, 5) is 10.4. The molecular formula is C13H10FNO3. The zero-order valence-electron chi connectivity index (χ0n) is 9.59. The molecule has 0 aliphatic carbocycles. The van der Waals surface area contributed by atoms with Crippen molar-refractivity contribution in [1.82, 2.24) is 0 Å². The second-order valence-corrected chi connectivity index (χ2v) is 3.78. The maximum absolute atomic E-state index is 12.7. The largest absolute Gasteiger partial charge is 0.450 e. The summed E-state index contributed by atoms with van der Waals surface area (Å²) in [5.41, 5.74) is 0.660. The first kappa shape index (κ1) is 12.0. The fraction of sp³-hybridized carbons (Fsp3) is 0.0769. The quantitative estimate of drug-likeness (QED) is 0.611. The Morgan fingerprint density at radius 3 is 2.44 bits per heavy atom. The van der Waals surface area contributed by atoms with Crippen LogP contribution >= 0.6 is 0 Å². The van der Waals surface area contributed by atoms with Crippen molar-refractivity contribution in [3.8, 4) is 11.5 Å². The number of benzene rings is 2. The summed E-state index contributed by atoms with van der Waals surface area (Å²) in [6, 6.07) is 9.96. The minimum atomic E-state index is -0.508. The lowest BCUT2D eigenvalue weighted by Gasteiger charge is -2.06. The van der Waals surface area contributed by atoms with Crippen molar-refractivity contribution in [3.05, 3.63) is 64.0 Å². The monoisotopic (exact) mass is 247 g/mol. The molecular weight excluding hydrogens is 237 g/mol. The van der Waals surface area contributed by atoms with E-state index in [2.05, 4.69) is 0 Å². The van der Waals surface area contributed by atoms with E-state index in [1.165, 1.54) is 36.4 Å². The van der Waals surface area contributed by atoms with Crippen LogP contribution in [0.5, 0.6) is 11.5 Å². The summed E-state index contributed by atoms with van der Waals surface area (Å²) < 4.78 is 18.1. The van der Waals surface area contributed by atoms with Crippen LogP contribution < -0.4 is 4.74 Å². The number of rotatable bonds is 3. The minimum Gasteiger partial charge on any atom is -0.450 e. The molecule has 0 aliphatic rings. The minimum absolute atomic E-state index is 0.112. The number of halogens is 1. The van der Waals surface area contributed by atoms with E-state index in [-0.39, 0.29) is 17.3 Å². The van der Waals surface area contributed by atoms with Crippen molar-refractivity contribution < 1.29 is 14.1 Å². The van der Waals surface area contributed by atoms with Gasteiger partial charge in [-0.25, -0.2) is 4.39 Å². The van der Waals surface area contributed by atoms with Crippen LogP contribution in [0.3, 0.4) is 0 Å². The first-order valence-corrected chi connectivity index (χ1v) is 5.25. The summed E-state index contributed by atoms with van der Waals surface area (Å²) in [5, 5.41) is 10.9. The summed E-state index contributed by atoms with van der Waals surface area (Å²) in [5.74, 6) is 0.0984. The number of nitro benzene ring substituents is 1. The van der Waals surface area contributed by atoms with Crippen LogP contribution in [0, 0.1) is 22.9 Å². The van der Waals surface area contributed by atoms with Gasteiger partial charge in [0.1, 0.15) is 11.6 Å². The number of aryl methyl sites for hydroxylation is 1. The second-order valence-electron chi connectivity index (χ2n) is 3.78. The molecule has 0 heterocycles. The van der Waals surface area contributed by atoms with E-state index in [1.807, 2.05) is 0 Å². The van der Waals surface area contributed by atoms with Crippen LogP contribution in [0.25, 0.3) is 0 Å². The van der Waals surface area contributed by atoms with Gasteiger partial charge < -0.3 is 4.74 Å². The number of nitrogens with zero attached hydrogens (tertiary/aromatic N) is 1. The van der Waals surface area contributed by atoms with Crippen molar-refractivity contribution in [2.24, 2.45) is 0 Å². The molecule has 0 radical (unpaired) electrons. The van der Waals surface area contributed by atoms with Crippen LogP contribution in [-0.2, 0) is 0 Å². The van der Waals surface area contributed by atoms with Gasteiger partial charge in [0.2, 0.25) is 5.75 Å². The van der Waals surface area contributed by atoms with Crippen molar-refractivity contribution in [2.75, 3.05) is 0 Å². The molecule has 0 saturated carbocycles. The molecule has 0 spiro atoms. The van der Waals surface area contributed by atoms with E-state index in [0.717, 1.165) is 5.56 Å². The lowest BCUT2D eigenvalue weighted by molar-refractivity contribution is -0.385. The Labute approximate surface area is 103 Å².